The van der Waals surface area contributed by atoms with Gasteiger partial charge in [0, 0.05) is 0 Å². The number of hydrogen-bond acceptors (Lipinski definition) is 3. The Labute approximate surface area is 115 Å². The van der Waals surface area contributed by atoms with Crippen LogP contribution in [0.5, 0.6) is 0 Å². The molecule has 1 N–H and O–H groups in total. The summed E-state index contributed by atoms with van der Waals surface area (Å²) in [4.78, 5) is 3.20. The van der Waals surface area contributed by atoms with Gasteiger partial charge in [0.2, 0.25) is 0 Å². The van der Waals surface area contributed by atoms with Crippen LogP contribution >= 0.6 is 0 Å². The third-order valence-electron chi connectivity index (χ3n) is 2.51. The van der Waals surface area contributed by atoms with Crippen LogP contribution < -0.4 is 5.32 Å². The van der Waals surface area contributed by atoms with Crippen molar-refractivity contribution in [1.82, 2.24) is 4.98 Å². The Bertz CT molecular complexity index is 698. The summed E-state index contributed by atoms with van der Waals surface area (Å²) in [6, 6.07) is 6.02. The van der Waals surface area contributed by atoms with Crippen molar-refractivity contribution in [3.63, 3.8) is 0 Å². The van der Waals surface area contributed by atoms with E-state index in [1.54, 1.807) is 6.07 Å². The zero-order valence-corrected chi connectivity index (χ0v) is 10.2. The summed E-state index contributed by atoms with van der Waals surface area (Å²) >= 11 is 0. The zero-order chi connectivity index (χ0) is 15.6. The van der Waals surface area contributed by atoms with Gasteiger partial charge in [0.25, 0.3) is 0 Å². The van der Waals surface area contributed by atoms with E-state index in [1.807, 2.05) is 0 Å². The number of halogens is 5. The van der Waals surface area contributed by atoms with Gasteiger partial charge in [-0.3, -0.25) is 0 Å². The van der Waals surface area contributed by atoms with E-state index in [0.717, 1.165) is 24.3 Å². The van der Waals surface area contributed by atoms with Gasteiger partial charge in [0.1, 0.15) is 34.9 Å². The van der Waals surface area contributed by atoms with Gasteiger partial charge in [0.15, 0.2) is 0 Å². The largest absolute Gasteiger partial charge is 0.433 e. The molecular weight excluding hydrogens is 293 g/mol. The molecule has 0 fully saturated rings. The average Bonchev–Trinajstić information content (AvgIpc) is 2.42. The molecule has 0 aliphatic heterocycles. The Balaban J connectivity index is 2.51. The standard InChI is InChI=1S/C13H6F5N3/c14-8-2-1-3-9(15)11(8)21-12-7(6-19)4-5-10(20-12)13(16,17)18/h1-5H,(H,20,21). The van der Waals surface area contributed by atoms with Gasteiger partial charge < -0.3 is 5.32 Å². The Hall–Kier alpha value is -2.69. The van der Waals surface area contributed by atoms with Crippen LogP contribution in [0.15, 0.2) is 30.3 Å². The normalized spacial score (nSPS) is 11.0. The molecule has 21 heavy (non-hydrogen) atoms. The summed E-state index contributed by atoms with van der Waals surface area (Å²) in [6.07, 6.45) is -4.74. The minimum atomic E-state index is -4.74. The molecule has 0 saturated heterocycles. The number of aromatic nitrogens is 1. The Morgan fingerprint density at radius 2 is 1.67 bits per heavy atom. The first-order chi connectivity index (χ1) is 9.82. The van der Waals surface area contributed by atoms with Crippen molar-refractivity contribution in [2.75, 3.05) is 5.32 Å². The monoisotopic (exact) mass is 299 g/mol. The lowest BCUT2D eigenvalue weighted by Gasteiger charge is -2.12. The smallest absolute Gasteiger partial charge is 0.334 e. The van der Waals surface area contributed by atoms with Crippen molar-refractivity contribution in [3.05, 3.63) is 53.2 Å². The first-order valence-electron chi connectivity index (χ1n) is 5.52. The molecule has 1 aromatic heterocycles. The van der Waals surface area contributed by atoms with Crippen molar-refractivity contribution in [1.29, 1.82) is 5.26 Å². The second-order valence-corrected chi connectivity index (χ2v) is 3.92. The van der Waals surface area contributed by atoms with Crippen molar-refractivity contribution in [2.24, 2.45) is 0 Å². The minimum Gasteiger partial charge on any atom is -0.334 e. The van der Waals surface area contributed by atoms with Gasteiger partial charge in [-0.25, -0.2) is 13.8 Å². The fourth-order valence-electron chi connectivity index (χ4n) is 1.54. The van der Waals surface area contributed by atoms with Crippen LogP contribution in [0, 0.1) is 23.0 Å². The molecular formula is C13H6F5N3. The molecule has 0 aliphatic carbocycles. The minimum absolute atomic E-state index is 0.273. The van der Waals surface area contributed by atoms with E-state index >= 15 is 0 Å². The first kappa shape index (κ1) is 14.7. The molecule has 3 nitrogen and oxygen atoms in total. The summed E-state index contributed by atoms with van der Waals surface area (Å²) in [5, 5.41) is 10.9. The highest BCUT2D eigenvalue weighted by Gasteiger charge is 2.33. The SMILES string of the molecule is N#Cc1ccc(C(F)(F)F)nc1Nc1c(F)cccc1F. The average molecular weight is 299 g/mol. The molecule has 0 radical (unpaired) electrons. The van der Waals surface area contributed by atoms with E-state index in [1.165, 1.54) is 0 Å². The topological polar surface area (TPSA) is 48.7 Å². The fraction of sp³-hybridized carbons (Fsp3) is 0.0769. The highest BCUT2D eigenvalue weighted by Crippen LogP contribution is 2.31. The molecule has 1 heterocycles. The van der Waals surface area contributed by atoms with Crippen LogP contribution in [-0.2, 0) is 6.18 Å². The number of para-hydroxylation sites is 1. The predicted molar refractivity (Wildman–Crippen MR) is 63.6 cm³/mol. The quantitative estimate of drug-likeness (QED) is 0.853. The first-order valence-corrected chi connectivity index (χ1v) is 5.52. The Morgan fingerprint density at radius 3 is 2.19 bits per heavy atom. The van der Waals surface area contributed by atoms with E-state index in [9.17, 15) is 22.0 Å². The molecule has 0 bridgehead atoms. The predicted octanol–water partition coefficient (Wildman–Crippen LogP) is 3.99. The Morgan fingerprint density at radius 1 is 1.05 bits per heavy atom. The van der Waals surface area contributed by atoms with Gasteiger partial charge in [-0.1, -0.05) is 6.07 Å². The molecule has 0 saturated carbocycles. The number of hydrogen-bond donors (Lipinski definition) is 1. The summed E-state index contributed by atoms with van der Waals surface area (Å²) < 4.78 is 64.7. The van der Waals surface area contributed by atoms with Crippen LogP contribution in [0.4, 0.5) is 33.5 Å². The van der Waals surface area contributed by atoms with E-state index in [4.69, 9.17) is 5.26 Å². The van der Waals surface area contributed by atoms with Crippen LogP contribution in [0.1, 0.15) is 11.3 Å². The van der Waals surface area contributed by atoms with Gasteiger partial charge in [-0.15, -0.1) is 0 Å². The molecule has 108 valence electrons. The third-order valence-corrected chi connectivity index (χ3v) is 2.51. The second-order valence-electron chi connectivity index (χ2n) is 3.92. The number of benzene rings is 1. The molecule has 0 amide bonds. The summed E-state index contributed by atoms with van der Waals surface area (Å²) in [5.41, 5.74) is -2.23. The number of rotatable bonds is 2. The lowest BCUT2D eigenvalue weighted by Crippen LogP contribution is -2.11. The lowest BCUT2D eigenvalue weighted by atomic mass is 10.2. The molecule has 0 atom stereocenters. The maximum Gasteiger partial charge on any atom is 0.433 e. The third kappa shape index (κ3) is 3.08. The molecule has 1 aromatic carbocycles. The molecule has 0 aliphatic rings. The highest BCUT2D eigenvalue weighted by atomic mass is 19.4. The number of anilines is 2. The lowest BCUT2D eigenvalue weighted by molar-refractivity contribution is -0.141. The molecule has 2 rings (SSSR count). The van der Waals surface area contributed by atoms with Crippen LogP contribution in [0.25, 0.3) is 0 Å². The zero-order valence-electron chi connectivity index (χ0n) is 10.2. The van der Waals surface area contributed by atoms with Crippen LogP contribution in [0.2, 0.25) is 0 Å². The van der Waals surface area contributed by atoms with Crippen LogP contribution in [0.3, 0.4) is 0 Å². The summed E-state index contributed by atoms with van der Waals surface area (Å²) in [6.45, 7) is 0. The van der Waals surface area contributed by atoms with Gasteiger partial charge in [-0.05, 0) is 24.3 Å². The number of nitrogens with zero attached hydrogens (tertiary/aromatic N) is 2. The van der Waals surface area contributed by atoms with E-state index < -0.39 is 35.0 Å². The second kappa shape index (κ2) is 5.36. The van der Waals surface area contributed by atoms with Crippen LogP contribution in [-0.4, -0.2) is 4.98 Å². The van der Waals surface area contributed by atoms with Crippen molar-refractivity contribution in [3.8, 4) is 6.07 Å². The number of nitriles is 1. The fourth-order valence-corrected chi connectivity index (χ4v) is 1.54. The van der Waals surface area contributed by atoms with E-state index in [2.05, 4.69) is 10.3 Å². The number of alkyl halides is 3. The Kier molecular flexibility index (Phi) is 3.76. The van der Waals surface area contributed by atoms with Crippen molar-refractivity contribution >= 4 is 11.5 Å². The van der Waals surface area contributed by atoms with Gasteiger partial charge in [-0.2, -0.15) is 18.4 Å². The molecule has 8 heteroatoms. The summed E-state index contributed by atoms with van der Waals surface area (Å²) in [7, 11) is 0. The number of nitrogens with one attached hydrogen (secondary N) is 1. The highest BCUT2D eigenvalue weighted by molar-refractivity contribution is 5.63. The summed E-state index contributed by atoms with van der Waals surface area (Å²) in [5.74, 6) is -2.60. The van der Waals surface area contributed by atoms with Crippen molar-refractivity contribution < 1.29 is 22.0 Å². The van der Waals surface area contributed by atoms with Gasteiger partial charge >= 0.3 is 6.18 Å². The van der Waals surface area contributed by atoms with Crippen molar-refractivity contribution in [2.45, 2.75) is 6.18 Å². The molecule has 2 aromatic rings. The maximum absolute atomic E-state index is 13.5. The molecule has 0 spiro atoms. The van der Waals surface area contributed by atoms with Gasteiger partial charge in [0.05, 0.1) is 5.56 Å². The van der Waals surface area contributed by atoms with E-state index in [-0.39, 0.29) is 5.56 Å². The maximum atomic E-state index is 13.5. The number of pyridine rings is 1. The molecule has 0 unspecified atom stereocenters. The van der Waals surface area contributed by atoms with E-state index in [0.29, 0.717) is 6.07 Å².